The Bertz CT molecular complexity index is 865. The number of H-pyrrole nitrogens is 1. The van der Waals surface area contributed by atoms with Gasteiger partial charge in [-0.1, -0.05) is 6.42 Å². The molecule has 4 N–H and O–H groups in total. The molecular formula is C21H29FN4O4. The fourth-order valence-electron chi connectivity index (χ4n) is 3.32. The number of aromatic nitrogens is 2. The molecule has 2 aromatic rings. The Balaban J connectivity index is 0.000000735. The molecule has 1 aliphatic rings. The predicted molar refractivity (Wildman–Crippen MR) is 110 cm³/mol. The summed E-state index contributed by atoms with van der Waals surface area (Å²) in [7, 11) is 1.69. The van der Waals surface area contributed by atoms with Crippen molar-refractivity contribution in [3.05, 3.63) is 46.5 Å². The number of nitrogens with zero attached hydrogens (tertiary/aromatic N) is 2. The van der Waals surface area contributed by atoms with Gasteiger partial charge in [0.25, 0.3) is 11.9 Å². The fourth-order valence-corrected chi connectivity index (χ4v) is 3.32. The first-order valence-corrected chi connectivity index (χ1v) is 9.95. The molecule has 0 unspecified atom stereocenters. The molecule has 0 saturated carbocycles. The molecule has 3 rings (SSSR count). The highest BCUT2D eigenvalue weighted by atomic mass is 19.1. The van der Waals surface area contributed by atoms with Crippen LogP contribution in [0.25, 0.3) is 0 Å². The Morgan fingerprint density at radius 3 is 2.70 bits per heavy atom. The smallest absolute Gasteiger partial charge is 0.300 e. The number of aryl methyl sites for hydroxylation is 1. The van der Waals surface area contributed by atoms with Crippen molar-refractivity contribution in [1.29, 1.82) is 0 Å². The lowest BCUT2D eigenvalue weighted by atomic mass is 10.1. The van der Waals surface area contributed by atoms with Gasteiger partial charge in [0.05, 0.1) is 17.8 Å². The molecule has 0 saturated heterocycles. The van der Waals surface area contributed by atoms with Crippen molar-refractivity contribution >= 4 is 11.9 Å². The first-order chi connectivity index (χ1) is 14.3. The molecule has 9 heteroatoms. The lowest BCUT2D eigenvalue weighted by molar-refractivity contribution is -0.134. The molecule has 8 nitrogen and oxygen atoms in total. The average molecular weight is 420 g/mol. The quantitative estimate of drug-likeness (QED) is 0.618. The van der Waals surface area contributed by atoms with Crippen molar-refractivity contribution in [2.45, 2.75) is 45.6 Å². The van der Waals surface area contributed by atoms with Crippen molar-refractivity contribution in [3.8, 4) is 5.75 Å². The molecule has 30 heavy (non-hydrogen) atoms. The third-order valence-corrected chi connectivity index (χ3v) is 4.67. The summed E-state index contributed by atoms with van der Waals surface area (Å²) in [5, 5.41) is 14.9. The molecule has 164 valence electrons. The summed E-state index contributed by atoms with van der Waals surface area (Å²) in [5.41, 5.74) is 8.94. The number of amides is 1. The summed E-state index contributed by atoms with van der Waals surface area (Å²) in [6.45, 7) is 2.04. The minimum Gasteiger partial charge on any atom is -0.491 e. The van der Waals surface area contributed by atoms with E-state index in [1.165, 1.54) is 35.9 Å². The van der Waals surface area contributed by atoms with Crippen LogP contribution >= 0.6 is 0 Å². The van der Waals surface area contributed by atoms with E-state index in [1.807, 2.05) is 0 Å². The van der Waals surface area contributed by atoms with Gasteiger partial charge in [-0.05, 0) is 49.4 Å². The van der Waals surface area contributed by atoms with Crippen LogP contribution in [0.3, 0.4) is 0 Å². The monoisotopic (exact) mass is 420 g/mol. The molecule has 0 atom stereocenters. The number of nitrogens with two attached hydrogens (primary N) is 1. The Labute approximate surface area is 175 Å². The number of carboxylic acid groups (broad SMARTS) is 1. The van der Waals surface area contributed by atoms with Crippen LogP contribution in [0.15, 0.2) is 18.2 Å². The number of nitrogens with one attached hydrogen (secondary N) is 1. The van der Waals surface area contributed by atoms with Gasteiger partial charge in [-0.15, -0.1) is 0 Å². The van der Waals surface area contributed by atoms with Crippen LogP contribution in [-0.2, 0) is 24.2 Å². The summed E-state index contributed by atoms with van der Waals surface area (Å²) >= 11 is 0. The lowest BCUT2D eigenvalue weighted by Crippen LogP contribution is -2.27. The number of fused-ring (bicyclic) bond motifs is 1. The highest BCUT2D eigenvalue weighted by Crippen LogP contribution is 2.25. The maximum Gasteiger partial charge on any atom is 0.300 e. The number of ether oxygens (including phenoxy) is 1. The molecular weight excluding hydrogens is 391 g/mol. The van der Waals surface area contributed by atoms with E-state index in [-0.39, 0.29) is 18.1 Å². The Morgan fingerprint density at radius 2 is 2.00 bits per heavy atom. The number of hydrogen-bond donors (Lipinski definition) is 3. The number of rotatable bonds is 6. The van der Waals surface area contributed by atoms with Gasteiger partial charge >= 0.3 is 0 Å². The second-order valence-corrected chi connectivity index (χ2v) is 7.15. The topological polar surface area (TPSA) is 122 Å². The van der Waals surface area contributed by atoms with E-state index in [1.54, 1.807) is 11.9 Å². The van der Waals surface area contributed by atoms with Gasteiger partial charge in [0.15, 0.2) is 0 Å². The van der Waals surface area contributed by atoms with E-state index in [2.05, 4.69) is 10.2 Å². The normalized spacial score (nSPS) is 12.8. The van der Waals surface area contributed by atoms with Gasteiger partial charge in [0, 0.05) is 26.2 Å². The van der Waals surface area contributed by atoms with Gasteiger partial charge in [-0.25, -0.2) is 4.39 Å². The molecule has 0 aliphatic heterocycles. The largest absolute Gasteiger partial charge is 0.491 e. The van der Waals surface area contributed by atoms with E-state index in [9.17, 15) is 9.18 Å². The van der Waals surface area contributed by atoms with E-state index in [0.717, 1.165) is 38.3 Å². The third-order valence-electron chi connectivity index (χ3n) is 4.67. The summed E-state index contributed by atoms with van der Waals surface area (Å²) in [6.07, 6.45) is 5.49. The van der Waals surface area contributed by atoms with Crippen LogP contribution in [0, 0.1) is 5.82 Å². The first-order valence-electron chi connectivity index (χ1n) is 9.95. The maximum atomic E-state index is 13.7. The molecule has 0 fully saturated rings. The average Bonchev–Trinajstić information content (AvgIpc) is 2.92. The number of aliphatic carboxylic acids is 1. The van der Waals surface area contributed by atoms with Crippen LogP contribution in [0.1, 0.15) is 53.5 Å². The standard InChI is InChI=1S/C19H25FN4O2.C2H4O2/c1-24(12-17-14-5-3-2-4-6-16(14)22-23-17)19(25)15-11-13(20)7-8-18(15)26-10-9-21;1-2(3)4/h7-8,11H,2-6,9-10,12,21H2,1H3,(H,22,23);1H3,(H,3,4). The molecule has 1 aromatic carbocycles. The molecule has 1 amide bonds. The summed E-state index contributed by atoms with van der Waals surface area (Å²) in [6, 6.07) is 3.94. The van der Waals surface area contributed by atoms with E-state index < -0.39 is 11.8 Å². The summed E-state index contributed by atoms with van der Waals surface area (Å²) in [4.78, 5) is 23.4. The van der Waals surface area contributed by atoms with Crippen molar-refractivity contribution in [2.24, 2.45) is 5.73 Å². The molecule has 0 radical (unpaired) electrons. The van der Waals surface area contributed by atoms with E-state index >= 15 is 0 Å². The highest BCUT2D eigenvalue weighted by Gasteiger charge is 2.22. The second-order valence-electron chi connectivity index (χ2n) is 7.15. The van der Waals surface area contributed by atoms with Gasteiger partial charge in [0.1, 0.15) is 18.2 Å². The van der Waals surface area contributed by atoms with Crippen LogP contribution in [-0.4, -0.2) is 52.3 Å². The zero-order valence-electron chi connectivity index (χ0n) is 17.4. The fraction of sp³-hybridized carbons (Fsp3) is 0.476. The van der Waals surface area contributed by atoms with Crippen LogP contribution in [0.2, 0.25) is 0 Å². The highest BCUT2D eigenvalue weighted by molar-refractivity contribution is 5.96. The van der Waals surface area contributed by atoms with Crippen molar-refractivity contribution in [3.63, 3.8) is 0 Å². The van der Waals surface area contributed by atoms with Crippen molar-refractivity contribution < 1.29 is 23.8 Å². The Kier molecular flexibility index (Phi) is 8.79. The van der Waals surface area contributed by atoms with Gasteiger partial charge in [0.2, 0.25) is 0 Å². The SMILES string of the molecule is CC(=O)O.CN(Cc1n[nH]c2c1CCCCC2)C(=O)c1cc(F)ccc1OCCN. The molecule has 0 spiro atoms. The van der Waals surface area contributed by atoms with Gasteiger partial charge in [-0.3, -0.25) is 14.7 Å². The maximum absolute atomic E-state index is 13.7. The number of carbonyl (C=O) groups excluding carboxylic acids is 1. The molecule has 1 aliphatic carbocycles. The summed E-state index contributed by atoms with van der Waals surface area (Å²) < 4.78 is 19.2. The van der Waals surface area contributed by atoms with Crippen LogP contribution < -0.4 is 10.5 Å². The van der Waals surface area contributed by atoms with E-state index in [0.29, 0.717) is 18.8 Å². The Hall–Kier alpha value is -2.94. The first kappa shape index (κ1) is 23.3. The molecule has 0 bridgehead atoms. The van der Waals surface area contributed by atoms with Gasteiger partial charge in [-0.2, -0.15) is 5.10 Å². The van der Waals surface area contributed by atoms with Crippen molar-refractivity contribution in [1.82, 2.24) is 15.1 Å². The lowest BCUT2D eigenvalue weighted by Gasteiger charge is -2.19. The van der Waals surface area contributed by atoms with Crippen LogP contribution in [0.5, 0.6) is 5.75 Å². The summed E-state index contributed by atoms with van der Waals surface area (Å²) in [5.74, 6) is -1.27. The second kappa shape index (κ2) is 11.3. The number of aromatic amines is 1. The number of carboxylic acids is 1. The Morgan fingerprint density at radius 1 is 1.30 bits per heavy atom. The zero-order valence-corrected chi connectivity index (χ0v) is 17.4. The van der Waals surface area contributed by atoms with Crippen molar-refractivity contribution in [2.75, 3.05) is 20.2 Å². The zero-order chi connectivity index (χ0) is 22.1. The number of hydrogen-bond acceptors (Lipinski definition) is 5. The van der Waals surface area contributed by atoms with Crippen LogP contribution in [0.4, 0.5) is 4.39 Å². The van der Waals surface area contributed by atoms with Gasteiger partial charge < -0.3 is 20.5 Å². The predicted octanol–water partition coefficient (Wildman–Crippen LogP) is 2.52. The minimum atomic E-state index is -0.833. The minimum absolute atomic E-state index is 0.197. The molecule has 1 aromatic heterocycles. The molecule has 1 heterocycles. The number of benzene rings is 1. The number of halogens is 1. The van der Waals surface area contributed by atoms with E-state index in [4.69, 9.17) is 20.4 Å². The number of carbonyl (C=O) groups is 2. The third kappa shape index (κ3) is 6.55.